The van der Waals surface area contributed by atoms with Crippen LogP contribution < -0.4 is 14.8 Å². The molecule has 0 radical (unpaired) electrons. The van der Waals surface area contributed by atoms with Crippen molar-refractivity contribution in [2.24, 2.45) is 0 Å². The predicted octanol–water partition coefficient (Wildman–Crippen LogP) is 3.06. The van der Waals surface area contributed by atoms with Crippen LogP contribution in [0, 0.1) is 0 Å². The number of carbonyl (C=O) groups is 2. The molecule has 0 aliphatic heterocycles. The fourth-order valence-corrected chi connectivity index (χ4v) is 1.99. The summed E-state index contributed by atoms with van der Waals surface area (Å²) in [7, 11) is 1.39. The topological polar surface area (TPSA) is 84.9 Å². The van der Waals surface area contributed by atoms with Gasteiger partial charge in [-0.25, -0.2) is 4.79 Å². The van der Waals surface area contributed by atoms with E-state index in [0.29, 0.717) is 10.8 Å². The normalized spacial score (nSPS) is 10.0. The molecule has 0 saturated carbocycles. The zero-order chi connectivity index (χ0) is 16.8. The zero-order valence-corrected chi connectivity index (χ0v) is 13.0. The minimum Gasteiger partial charge on any atom is -0.495 e. The summed E-state index contributed by atoms with van der Waals surface area (Å²) in [6.07, 6.45) is 0. The molecule has 2 aromatic carbocycles. The summed E-state index contributed by atoms with van der Waals surface area (Å²) in [6, 6.07) is 11.0. The number of nitrogens with one attached hydrogen (secondary N) is 1. The highest BCUT2D eigenvalue weighted by molar-refractivity contribution is 6.30. The van der Waals surface area contributed by atoms with Crippen LogP contribution in [-0.2, 0) is 4.79 Å². The van der Waals surface area contributed by atoms with E-state index in [0.717, 1.165) is 0 Å². The van der Waals surface area contributed by atoms with Gasteiger partial charge in [0, 0.05) is 5.02 Å². The quantitative estimate of drug-likeness (QED) is 0.847. The van der Waals surface area contributed by atoms with Gasteiger partial charge in [0.15, 0.2) is 6.61 Å². The van der Waals surface area contributed by atoms with Crippen molar-refractivity contribution in [1.82, 2.24) is 0 Å². The van der Waals surface area contributed by atoms with Gasteiger partial charge >= 0.3 is 5.97 Å². The second-order valence-corrected chi connectivity index (χ2v) is 4.92. The highest BCUT2D eigenvalue weighted by atomic mass is 35.5. The molecule has 0 aliphatic rings. The second-order valence-electron chi connectivity index (χ2n) is 4.48. The van der Waals surface area contributed by atoms with E-state index in [9.17, 15) is 14.7 Å². The summed E-state index contributed by atoms with van der Waals surface area (Å²) in [5.74, 6) is -0.947. The lowest BCUT2D eigenvalue weighted by molar-refractivity contribution is -0.118. The number of hydrogen-bond donors (Lipinski definition) is 2. The van der Waals surface area contributed by atoms with Gasteiger partial charge in [-0.15, -0.1) is 0 Å². The van der Waals surface area contributed by atoms with E-state index in [4.69, 9.17) is 21.1 Å². The van der Waals surface area contributed by atoms with Crippen molar-refractivity contribution in [1.29, 1.82) is 0 Å². The Bertz CT molecular complexity index is 715. The molecule has 2 rings (SSSR count). The van der Waals surface area contributed by atoms with E-state index in [1.54, 1.807) is 30.3 Å². The molecule has 0 aliphatic carbocycles. The van der Waals surface area contributed by atoms with Crippen LogP contribution in [0.3, 0.4) is 0 Å². The maximum absolute atomic E-state index is 12.0. The number of para-hydroxylation sites is 1. The lowest BCUT2D eigenvalue weighted by atomic mass is 10.1. The maximum atomic E-state index is 12.0. The molecular weight excluding hydrogens is 322 g/mol. The van der Waals surface area contributed by atoms with Crippen LogP contribution in [0.2, 0.25) is 5.02 Å². The standard InChI is InChI=1S/C16H14ClNO5/c1-22-13-4-2-3-12(16(20)21)15(13)18-14(19)9-23-11-7-5-10(17)6-8-11/h2-8H,9H2,1H3,(H,18,19)(H,20,21). The van der Waals surface area contributed by atoms with Crippen molar-refractivity contribution < 1.29 is 24.2 Å². The third kappa shape index (κ3) is 4.37. The van der Waals surface area contributed by atoms with Crippen molar-refractivity contribution in [2.75, 3.05) is 19.0 Å². The number of anilines is 1. The molecule has 23 heavy (non-hydrogen) atoms. The van der Waals surface area contributed by atoms with Crippen LogP contribution in [0.1, 0.15) is 10.4 Å². The number of carboxylic acids is 1. The Labute approximate surface area is 137 Å². The van der Waals surface area contributed by atoms with Crippen LogP contribution in [0.4, 0.5) is 5.69 Å². The number of rotatable bonds is 6. The Kier molecular flexibility index (Phi) is 5.43. The molecule has 0 saturated heterocycles. The van der Waals surface area contributed by atoms with Crippen molar-refractivity contribution in [3.8, 4) is 11.5 Å². The van der Waals surface area contributed by atoms with E-state index in [1.165, 1.54) is 19.2 Å². The largest absolute Gasteiger partial charge is 0.495 e. The van der Waals surface area contributed by atoms with Gasteiger partial charge in [-0.05, 0) is 36.4 Å². The van der Waals surface area contributed by atoms with E-state index < -0.39 is 11.9 Å². The third-order valence-corrected chi connectivity index (χ3v) is 3.18. The molecule has 2 aromatic rings. The summed E-state index contributed by atoms with van der Waals surface area (Å²) >= 11 is 5.76. The minimum atomic E-state index is -1.17. The molecule has 120 valence electrons. The van der Waals surface area contributed by atoms with Crippen molar-refractivity contribution in [3.63, 3.8) is 0 Å². The molecule has 0 unspecified atom stereocenters. The van der Waals surface area contributed by atoms with Gasteiger partial charge in [-0.3, -0.25) is 4.79 Å². The van der Waals surface area contributed by atoms with Gasteiger partial charge in [0.25, 0.3) is 5.91 Å². The summed E-state index contributed by atoms with van der Waals surface area (Å²) in [4.78, 5) is 23.2. The van der Waals surface area contributed by atoms with Crippen LogP contribution in [0.25, 0.3) is 0 Å². The molecular formula is C16H14ClNO5. The number of ether oxygens (including phenoxy) is 2. The minimum absolute atomic E-state index is 0.0656. The molecule has 6 nitrogen and oxygen atoms in total. The summed E-state index contributed by atoms with van der Waals surface area (Å²) < 4.78 is 10.4. The molecule has 0 spiro atoms. The number of benzene rings is 2. The average Bonchev–Trinajstić information content (AvgIpc) is 2.54. The number of hydrogen-bond acceptors (Lipinski definition) is 4. The Morgan fingerprint density at radius 3 is 2.48 bits per heavy atom. The number of amides is 1. The molecule has 7 heteroatoms. The van der Waals surface area contributed by atoms with E-state index in [1.807, 2.05) is 0 Å². The van der Waals surface area contributed by atoms with E-state index in [2.05, 4.69) is 5.32 Å². The summed E-state index contributed by atoms with van der Waals surface area (Å²) in [5.41, 5.74) is 0.0244. The lowest BCUT2D eigenvalue weighted by Crippen LogP contribution is -2.22. The Hall–Kier alpha value is -2.73. The van der Waals surface area contributed by atoms with Gasteiger partial charge in [0.1, 0.15) is 11.5 Å². The van der Waals surface area contributed by atoms with E-state index >= 15 is 0 Å². The first kappa shape index (κ1) is 16.6. The van der Waals surface area contributed by atoms with Gasteiger partial charge in [0.05, 0.1) is 18.4 Å². The average molecular weight is 336 g/mol. The molecule has 0 fully saturated rings. The van der Waals surface area contributed by atoms with Gasteiger partial charge in [-0.2, -0.15) is 0 Å². The lowest BCUT2D eigenvalue weighted by Gasteiger charge is -2.13. The Balaban J connectivity index is 2.08. The summed E-state index contributed by atoms with van der Waals surface area (Å²) in [5, 5.41) is 12.2. The molecule has 0 aromatic heterocycles. The number of methoxy groups -OCH3 is 1. The molecule has 0 bridgehead atoms. The number of carbonyl (C=O) groups excluding carboxylic acids is 1. The monoisotopic (exact) mass is 335 g/mol. The first-order valence-corrected chi connectivity index (χ1v) is 6.97. The second kappa shape index (κ2) is 7.51. The van der Waals surface area contributed by atoms with Gasteiger partial charge in [-0.1, -0.05) is 17.7 Å². The predicted molar refractivity (Wildman–Crippen MR) is 85.5 cm³/mol. The zero-order valence-electron chi connectivity index (χ0n) is 12.2. The van der Waals surface area contributed by atoms with Crippen molar-refractivity contribution in [2.45, 2.75) is 0 Å². The highest BCUT2D eigenvalue weighted by Crippen LogP contribution is 2.28. The number of aromatic carboxylic acids is 1. The fourth-order valence-electron chi connectivity index (χ4n) is 1.86. The Morgan fingerprint density at radius 1 is 1.17 bits per heavy atom. The SMILES string of the molecule is COc1cccc(C(=O)O)c1NC(=O)COc1ccc(Cl)cc1. The van der Waals surface area contributed by atoms with Crippen molar-refractivity contribution in [3.05, 3.63) is 53.1 Å². The third-order valence-electron chi connectivity index (χ3n) is 2.92. The number of halogens is 1. The van der Waals surface area contributed by atoms with Crippen LogP contribution in [0.5, 0.6) is 11.5 Å². The van der Waals surface area contributed by atoms with Gasteiger partial charge < -0.3 is 19.9 Å². The van der Waals surface area contributed by atoms with Crippen molar-refractivity contribution >= 4 is 29.2 Å². The van der Waals surface area contributed by atoms with Gasteiger partial charge in [0.2, 0.25) is 0 Å². The molecule has 0 atom stereocenters. The smallest absolute Gasteiger partial charge is 0.337 e. The maximum Gasteiger partial charge on any atom is 0.337 e. The van der Waals surface area contributed by atoms with E-state index in [-0.39, 0.29) is 23.6 Å². The number of carboxylic acid groups (broad SMARTS) is 1. The first-order valence-electron chi connectivity index (χ1n) is 6.59. The van der Waals surface area contributed by atoms with Crippen LogP contribution in [0.15, 0.2) is 42.5 Å². The first-order chi connectivity index (χ1) is 11.0. The summed E-state index contributed by atoms with van der Waals surface area (Å²) in [6.45, 7) is -0.279. The fraction of sp³-hybridized carbons (Fsp3) is 0.125. The molecule has 2 N–H and O–H groups in total. The van der Waals surface area contributed by atoms with Crippen LogP contribution in [-0.4, -0.2) is 30.7 Å². The highest BCUT2D eigenvalue weighted by Gasteiger charge is 2.17. The Morgan fingerprint density at radius 2 is 1.87 bits per heavy atom. The molecule has 1 amide bonds. The molecule has 0 heterocycles. The van der Waals surface area contributed by atoms with Crippen LogP contribution >= 0.6 is 11.6 Å².